The average Bonchev–Trinajstić information content (AvgIpc) is 2.89. The van der Waals surface area contributed by atoms with Crippen LogP contribution in [0.5, 0.6) is 0 Å². The number of pyridine rings is 1. The molecule has 0 aliphatic heterocycles. The van der Waals surface area contributed by atoms with Gasteiger partial charge in [0.25, 0.3) is 5.56 Å². The van der Waals surface area contributed by atoms with Crippen molar-refractivity contribution in [3.05, 3.63) is 65.1 Å². The van der Waals surface area contributed by atoms with Crippen molar-refractivity contribution in [1.82, 2.24) is 14.8 Å². The lowest BCUT2D eigenvalue weighted by Crippen LogP contribution is -2.15. The van der Waals surface area contributed by atoms with Gasteiger partial charge in [-0.05, 0) is 17.7 Å². The second-order valence-corrected chi connectivity index (χ2v) is 6.85. The molecule has 7 heteroatoms. The third kappa shape index (κ3) is 2.71. The molecule has 22 heavy (non-hydrogen) atoms. The van der Waals surface area contributed by atoms with Crippen LogP contribution in [0.4, 0.5) is 0 Å². The van der Waals surface area contributed by atoms with Gasteiger partial charge in [-0.1, -0.05) is 30.3 Å². The summed E-state index contributed by atoms with van der Waals surface area (Å²) in [5, 5.41) is 2.96. The fraction of sp³-hybridized carbons (Fsp3) is 0.0667. The molecule has 0 aliphatic carbocycles. The Labute approximate surface area is 127 Å². The fourth-order valence-electron chi connectivity index (χ4n) is 2.06. The maximum Gasteiger partial charge on any atom is 0.273 e. The van der Waals surface area contributed by atoms with Crippen LogP contribution in [0.2, 0.25) is 0 Å². The van der Waals surface area contributed by atoms with E-state index < -0.39 is 9.84 Å². The van der Waals surface area contributed by atoms with Crippen LogP contribution in [-0.4, -0.2) is 29.4 Å². The fourth-order valence-corrected chi connectivity index (χ4v) is 2.62. The molecule has 3 rings (SSSR count). The summed E-state index contributed by atoms with van der Waals surface area (Å²) in [6.07, 6.45) is 2.35. The van der Waals surface area contributed by atoms with E-state index in [-0.39, 0.29) is 10.5 Å². The number of benzene rings is 1. The zero-order valence-electron chi connectivity index (χ0n) is 11.7. The summed E-state index contributed by atoms with van der Waals surface area (Å²) in [7, 11) is -3.31. The van der Waals surface area contributed by atoms with Gasteiger partial charge in [0.1, 0.15) is 0 Å². The molecule has 0 saturated carbocycles. The quantitative estimate of drug-likeness (QED) is 0.796. The van der Waals surface area contributed by atoms with E-state index >= 15 is 0 Å². The SMILES string of the molecule is CS(=O)(=O)c1ccc(-n2[nH]c(-c3ccccc3)cc2=O)nc1. The van der Waals surface area contributed by atoms with E-state index in [0.29, 0.717) is 11.5 Å². The van der Waals surface area contributed by atoms with Crippen molar-refractivity contribution in [2.75, 3.05) is 6.26 Å². The second kappa shape index (κ2) is 5.27. The molecule has 0 radical (unpaired) electrons. The Balaban J connectivity index is 2.03. The van der Waals surface area contributed by atoms with E-state index in [9.17, 15) is 13.2 Å². The predicted molar refractivity (Wildman–Crippen MR) is 82.7 cm³/mol. The van der Waals surface area contributed by atoms with Crippen molar-refractivity contribution in [3.8, 4) is 17.1 Å². The van der Waals surface area contributed by atoms with E-state index in [1.165, 1.54) is 29.1 Å². The Hall–Kier alpha value is -2.67. The van der Waals surface area contributed by atoms with E-state index in [0.717, 1.165) is 11.8 Å². The highest BCUT2D eigenvalue weighted by Crippen LogP contribution is 2.15. The highest BCUT2D eigenvalue weighted by atomic mass is 32.2. The standard InChI is InChI=1S/C15H13N3O3S/c1-22(20,21)12-7-8-14(16-10-12)18-15(19)9-13(17-18)11-5-3-2-4-6-11/h2-10,17H,1H3. The Kier molecular flexibility index (Phi) is 3.42. The molecular weight excluding hydrogens is 302 g/mol. The zero-order chi connectivity index (χ0) is 15.7. The van der Waals surface area contributed by atoms with Crippen LogP contribution in [0.3, 0.4) is 0 Å². The van der Waals surface area contributed by atoms with Gasteiger partial charge < -0.3 is 0 Å². The average molecular weight is 315 g/mol. The molecule has 2 aromatic heterocycles. The maximum absolute atomic E-state index is 12.1. The lowest BCUT2D eigenvalue weighted by Gasteiger charge is -2.03. The second-order valence-electron chi connectivity index (χ2n) is 4.83. The summed E-state index contributed by atoms with van der Waals surface area (Å²) >= 11 is 0. The third-order valence-corrected chi connectivity index (χ3v) is 4.28. The van der Waals surface area contributed by atoms with Gasteiger partial charge in [-0.2, -0.15) is 0 Å². The Bertz CT molecular complexity index is 955. The zero-order valence-corrected chi connectivity index (χ0v) is 12.5. The predicted octanol–water partition coefficient (Wildman–Crippen LogP) is 1.63. The van der Waals surface area contributed by atoms with Crippen LogP contribution in [0.15, 0.2) is 64.4 Å². The highest BCUT2D eigenvalue weighted by molar-refractivity contribution is 7.90. The molecule has 0 aliphatic rings. The molecule has 0 saturated heterocycles. The molecule has 0 spiro atoms. The Morgan fingerprint density at radius 1 is 1.09 bits per heavy atom. The van der Waals surface area contributed by atoms with Gasteiger partial charge in [-0.25, -0.2) is 18.1 Å². The van der Waals surface area contributed by atoms with E-state index in [2.05, 4.69) is 10.1 Å². The highest BCUT2D eigenvalue weighted by Gasteiger charge is 2.10. The maximum atomic E-state index is 12.1. The first kappa shape index (κ1) is 14.3. The molecule has 1 N–H and O–H groups in total. The first-order chi connectivity index (χ1) is 10.4. The van der Waals surface area contributed by atoms with Crippen LogP contribution < -0.4 is 5.56 Å². The van der Waals surface area contributed by atoms with Gasteiger partial charge in [-0.15, -0.1) is 0 Å². The van der Waals surface area contributed by atoms with Crippen LogP contribution >= 0.6 is 0 Å². The molecule has 0 amide bonds. The number of nitrogens with zero attached hydrogens (tertiary/aromatic N) is 2. The van der Waals surface area contributed by atoms with Gasteiger partial charge >= 0.3 is 0 Å². The number of nitrogens with one attached hydrogen (secondary N) is 1. The normalized spacial score (nSPS) is 11.5. The summed E-state index contributed by atoms with van der Waals surface area (Å²) < 4.78 is 24.1. The first-order valence-electron chi connectivity index (χ1n) is 6.49. The summed E-state index contributed by atoms with van der Waals surface area (Å²) in [5.41, 5.74) is 1.28. The number of H-pyrrole nitrogens is 1. The first-order valence-corrected chi connectivity index (χ1v) is 8.38. The molecular formula is C15H13N3O3S. The number of rotatable bonds is 3. The molecule has 0 bridgehead atoms. The van der Waals surface area contributed by atoms with Crippen LogP contribution in [-0.2, 0) is 9.84 Å². The van der Waals surface area contributed by atoms with Gasteiger partial charge in [0.15, 0.2) is 15.7 Å². The molecule has 0 atom stereocenters. The Morgan fingerprint density at radius 3 is 2.41 bits per heavy atom. The molecule has 112 valence electrons. The number of hydrogen-bond donors (Lipinski definition) is 1. The summed E-state index contributed by atoms with van der Waals surface area (Å²) in [4.78, 5) is 16.2. The third-order valence-electron chi connectivity index (χ3n) is 3.18. The van der Waals surface area contributed by atoms with E-state index in [1.54, 1.807) is 0 Å². The summed E-state index contributed by atoms with van der Waals surface area (Å²) in [6, 6.07) is 13.8. The van der Waals surface area contributed by atoms with Gasteiger partial charge in [0.2, 0.25) is 0 Å². The van der Waals surface area contributed by atoms with Crippen molar-refractivity contribution >= 4 is 9.84 Å². The summed E-state index contributed by atoms with van der Waals surface area (Å²) in [5.74, 6) is 0.333. The molecule has 0 unspecified atom stereocenters. The molecule has 2 heterocycles. The molecule has 0 fully saturated rings. The lowest BCUT2D eigenvalue weighted by atomic mass is 10.2. The molecule has 3 aromatic rings. The van der Waals surface area contributed by atoms with Crippen molar-refractivity contribution < 1.29 is 8.42 Å². The van der Waals surface area contributed by atoms with E-state index in [1.807, 2.05) is 30.3 Å². The van der Waals surface area contributed by atoms with E-state index in [4.69, 9.17) is 0 Å². The topological polar surface area (TPSA) is 84.8 Å². The number of sulfone groups is 1. The van der Waals surface area contributed by atoms with Gasteiger partial charge in [0, 0.05) is 18.5 Å². The van der Waals surface area contributed by atoms with Gasteiger partial charge in [-0.3, -0.25) is 9.89 Å². The summed E-state index contributed by atoms with van der Waals surface area (Å²) in [6.45, 7) is 0. The van der Waals surface area contributed by atoms with Crippen LogP contribution in [0.1, 0.15) is 0 Å². The molecule has 6 nitrogen and oxygen atoms in total. The number of hydrogen-bond acceptors (Lipinski definition) is 4. The van der Waals surface area contributed by atoms with Crippen LogP contribution in [0.25, 0.3) is 17.1 Å². The number of aromatic amines is 1. The van der Waals surface area contributed by atoms with Crippen molar-refractivity contribution in [2.24, 2.45) is 0 Å². The monoisotopic (exact) mass is 315 g/mol. The van der Waals surface area contributed by atoms with Crippen molar-refractivity contribution in [1.29, 1.82) is 0 Å². The lowest BCUT2D eigenvalue weighted by molar-refractivity contribution is 0.601. The van der Waals surface area contributed by atoms with Crippen molar-refractivity contribution in [3.63, 3.8) is 0 Å². The smallest absolute Gasteiger partial charge is 0.273 e. The number of aromatic nitrogens is 3. The largest absolute Gasteiger partial charge is 0.289 e. The minimum Gasteiger partial charge on any atom is -0.289 e. The Morgan fingerprint density at radius 2 is 1.82 bits per heavy atom. The van der Waals surface area contributed by atoms with Gasteiger partial charge in [0.05, 0.1) is 10.6 Å². The molecule has 1 aromatic carbocycles. The minimum atomic E-state index is -3.31. The van der Waals surface area contributed by atoms with Crippen molar-refractivity contribution in [2.45, 2.75) is 4.90 Å². The minimum absolute atomic E-state index is 0.110. The van der Waals surface area contributed by atoms with Crippen LogP contribution in [0, 0.1) is 0 Å².